The second-order valence-electron chi connectivity index (χ2n) is 4.67. The monoisotopic (exact) mass is 276 g/mol. The molecular weight excluding hydrogens is 256 g/mol. The molecule has 3 amide bonds. The Hall–Kier alpha value is -2.08. The second kappa shape index (κ2) is 6.91. The van der Waals surface area contributed by atoms with Gasteiger partial charge in [-0.25, -0.2) is 4.79 Å². The number of carbonyl (C=O) groups is 2. The molecule has 0 bridgehead atoms. The minimum absolute atomic E-state index is 0.146. The standard InChI is InChI=1S/C14H20N4O2/c1-15-13(19)12-10-16-7-8-18(12)14(20)17-9-11-5-3-2-4-6-11/h2-6,12,16H,7-10H2,1H3,(H,15,19)(H,17,20). The van der Waals surface area contributed by atoms with Gasteiger partial charge in [0, 0.05) is 33.2 Å². The zero-order valence-corrected chi connectivity index (χ0v) is 11.6. The van der Waals surface area contributed by atoms with E-state index in [0.717, 1.165) is 5.56 Å². The largest absolute Gasteiger partial charge is 0.357 e. The van der Waals surface area contributed by atoms with Crippen molar-refractivity contribution in [3.63, 3.8) is 0 Å². The van der Waals surface area contributed by atoms with Gasteiger partial charge in [0.05, 0.1) is 0 Å². The maximum atomic E-state index is 12.2. The van der Waals surface area contributed by atoms with Gasteiger partial charge in [0.1, 0.15) is 6.04 Å². The molecule has 1 aliphatic rings. The van der Waals surface area contributed by atoms with Crippen LogP contribution in [0.25, 0.3) is 0 Å². The van der Waals surface area contributed by atoms with Gasteiger partial charge in [-0.15, -0.1) is 0 Å². The first-order valence-electron chi connectivity index (χ1n) is 6.73. The molecule has 1 atom stereocenters. The molecule has 2 rings (SSSR count). The van der Waals surface area contributed by atoms with E-state index in [1.165, 1.54) is 0 Å². The van der Waals surface area contributed by atoms with E-state index in [-0.39, 0.29) is 11.9 Å². The van der Waals surface area contributed by atoms with Crippen LogP contribution in [0.1, 0.15) is 5.56 Å². The summed E-state index contributed by atoms with van der Waals surface area (Å²) in [5.74, 6) is -0.146. The van der Waals surface area contributed by atoms with Crippen molar-refractivity contribution in [2.45, 2.75) is 12.6 Å². The summed E-state index contributed by atoms with van der Waals surface area (Å²) in [4.78, 5) is 25.6. The summed E-state index contributed by atoms with van der Waals surface area (Å²) in [6, 6.07) is 9.04. The van der Waals surface area contributed by atoms with Gasteiger partial charge >= 0.3 is 6.03 Å². The van der Waals surface area contributed by atoms with Crippen molar-refractivity contribution in [2.24, 2.45) is 0 Å². The number of piperazine rings is 1. The molecule has 1 unspecified atom stereocenters. The Morgan fingerprint density at radius 2 is 2.10 bits per heavy atom. The number of hydrogen-bond donors (Lipinski definition) is 3. The van der Waals surface area contributed by atoms with Crippen LogP contribution in [0.2, 0.25) is 0 Å². The Morgan fingerprint density at radius 3 is 2.80 bits per heavy atom. The summed E-state index contributed by atoms with van der Waals surface area (Å²) in [6.07, 6.45) is 0. The zero-order valence-electron chi connectivity index (χ0n) is 11.6. The van der Waals surface area contributed by atoms with E-state index >= 15 is 0 Å². The van der Waals surface area contributed by atoms with Crippen LogP contribution >= 0.6 is 0 Å². The van der Waals surface area contributed by atoms with Crippen LogP contribution in [0.3, 0.4) is 0 Å². The molecule has 6 nitrogen and oxygen atoms in total. The number of hydrogen-bond acceptors (Lipinski definition) is 3. The van der Waals surface area contributed by atoms with Crippen LogP contribution in [-0.2, 0) is 11.3 Å². The van der Waals surface area contributed by atoms with E-state index in [9.17, 15) is 9.59 Å². The minimum atomic E-state index is -0.454. The first-order chi connectivity index (χ1) is 9.72. The molecular formula is C14H20N4O2. The van der Waals surface area contributed by atoms with Crippen LogP contribution in [0.15, 0.2) is 30.3 Å². The molecule has 0 aromatic heterocycles. The van der Waals surface area contributed by atoms with Gasteiger partial charge in [-0.1, -0.05) is 30.3 Å². The molecule has 6 heteroatoms. The molecule has 0 radical (unpaired) electrons. The predicted molar refractivity (Wildman–Crippen MR) is 76.1 cm³/mol. The quantitative estimate of drug-likeness (QED) is 0.723. The number of benzene rings is 1. The van der Waals surface area contributed by atoms with E-state index in [0.29, 0.717) is 26.2 Å². The minimum Gasteiger partial charge on any atom is -0.357 e. The molecule has 1 saturated heterocycles. The van der Waals surface area contributed by atoms with Gasteiger partial charge < -0.3 is 20.9 Å². The number of nitrogens with one attached hydrogen (secondary N) is 3. The average molecular weight is 276 g/mol. The van der Waals surface area contributed by atoms with E-state index < -0.39 is 6.04 Å². The average Bonchev–Trinajstić information content (AvgIpc) is 2.52. The molecule has 1 aromatic carbocycles. The maximum Gasteiger partial charge on any atom is 0.318 e. The highest BCUT2D eigenvalue weighted by atomic mass is 16.2. The Bertz CT molecular complexity index is 464. The Balaban J connectivity index is 1.94. The van der Waals surface area contributed by atoms with Crippen LogP contribution in [0.4, 0.5) is 4.79 Å². The van der Waals surface area contributed by atoms with Crippen molar-refractivity contribution in [1.29, 1.82) is 0 Å². The van der Waals surface area contributed by atoms with Gasteiger partial charge in [-0.3, -0.25) is 4.79 Å². The fourth-order valence-electron chi connectivity index (χ4n) is 2.22. The maximum absolute atomic E-state index is 12.2. The number of carbonyl (C=O) groups excluding carboxylic acids is 2. The molecule has 0 aliphatic carbocycles. The molecule has 108 valence electrons. The lowest BCUT2D eigenvalue weighted by molar-refractivity contribution is -0.125. The number of nitrogens with zero attached hydrogens (tertiary/aromatic N) is 1. The molecule has 1 fully saturated rings. The summed E-state index contributed by atoms with van der Waals surface area (Å²) in [5, 5.41) is 8.58. The van der Waals surface area contributed by atoms with Crippen molar-refractivity contribution in [3.8, 4) is 0 Å². The predicted octanol–water partition coefficient (Wildman–Crippen LogP) is -0.0840. The second-order valence-corrected chi connectivity index (χ2v) is 4.67. The molecule has 1 aromatic rings. The molecule has 20 heavy (non-hydrogen) atoms. The fraction of sp³-hybridized carbons (Fsp3) is 0.429. The molecule has 1 heterocycles. The summed E-state index contributed by atoms with van der Waals surface area (Å²) in [6.45, 7) is 2.17. The number of rotatable bonds is 3. The van der Waals surface area contributed by atoms with Crippen molar-refractivity contribution in [1.82, 2.24) is 20.9 Å². The third kappa shape index (κ3) is 3.48. The molecule has 0 saturated carbocycles. The lowest BCUT2D eigenvalue weighted by Crippen LogP contribution is -2.61. The molecule has 3 N–H and O–H groups in total. The molecule has 1 aliphatic heterocycles. The third-order valence-electron chi connectivity index (χ3n) is 3.34. The Kier molecular flexibility index (Phi) is 4.95. The van der Waals surface area contributed by atoms with Crippen LogP contribution in [0.5, 0.6) is 0 Å². The van der Waals surface area contributed by atoms with Gasteiger partial charge in [0.15, 0.2) is 0 Å². The van der Waals surface area contributed by atoms with E-state index in [2.05, 4.69) is 16.0 Å². The Morgan fingerprint density at radius 1 is 1.35 bits per heavy atom. The van der Waals surface area contributed by atoms with Crippen molar-refractivity contribution in [2.75, 3.05) is 26.7 Å². The fourth-order valence-corrected chi connectivity index (χ4v) is 2.22. The topological polar surface area (TPSA) is 73.5 Å². The molecule has 0 spiro atoms. The highest BCUT2D eigenvalue weighted by molar-refractivity contribution is 5.87. The van der Waals surface area contributed by atoms with E-state index in [1.54, 1.807) is 11.9 Å². The van der Waals surface area contributed by atoms with Crippen LogP contribution in [0, 0.1) is 0 Å². The van der Waals surface area contributed by atoms with E-state index in [1.807, 2.05) is 30.3 Å². The number of likely N-dealkylation sites (N-methyl/N-ethyl adjacent to an activating group) is 1. The highest BCUT2D eigenvalue weighted by Crippen LogP contribution is 2.05. The third-order valence-corrected chi connectivity index (χ3v) is 3.34. The smallest absolute Gasteiger partial charge is 0.318 e. The van der Waals surface area contributed by atoms with Gasteiger partial charge in [0.2, 0.25) is 5.91 Å². The lowest BCUT2D eigenvalue weighted by atomic mass is 10.2. The van der Waals surface area contributed by atoms with Gasteiger partial charge in [-0.05, 0) is 5.56 Å². The zero-order chi connectivity index (χ0) is 14.4. The van der Waals surface area contributed by atoms with Gasteiger partial charge in [0.25, 0.3) is 0 Å². The SMILES string of the molecule is CNC(=O)C1CNCCN1C(=O)NCc1ccccc1. The van der Waals surface area contributed by atoms with Crippen LogP contribution < -0.4 is 16.0 Å². The normalized spacial score (nSPS) is 18.4. The van der Waals surface area contributed by atoms with Crippen molar-refractivity contribution >= 4 is 11.9 Å². The number of urea groups is 1. The van der Waals surface area contributed by atoms with Crippen LogP contribution in [-0.4, -0.2) is 49.6 Å². The Labute approximate surface area is 118 Å². The highest BCUT2D eigenvalue weighted by Gasteiger charge is 2.31. The van der Waals surface area contributed by atoms with Crippen molar-refractivity contribution in [3.05, 3.63) is 35.9 Å². The summed E-state index contributed by atoms with van der Waals surface area (Å²) in [7, 11) is 1.58. The summed E-state index contributed by atoms with van der Waals surface area (Å²) in [5.41, 5.74) is 1.03. The summed E-state index contributed by atoms with van der Waals surface area (Å²) >= 11 is 0. The first-order valence-corrected chi connectivity index (χ1v) is 6.73. The summed E-state index contributed by atoms with van der Waals surface area (Å²) < 4.78 is 0. The lowest BCUT2D eigenvalue weighted by Gasteiger charge is -2.34. The number of amides is 3. The van der Waals surface area contributed by atoms with Gasteiger partial charge in [-0.2, -0.15) is 0 Å². The van der Waals surface area contributed by atoms with E-state index in [4.69, 9.17) is 0 Å². The first kappa shape index (κ1) is 14.3. The van der Waals surface area contributed by atoms with Crippen molar-refractivity contribution < 1.29 is 9.59 Å².